The average Bonchev–Trinajstić information content (AvgIpc) is 2.45. The van der Waals surface area contributed by atoms with Gasteiger partial charge in [-0.15, -0.1) is 0 Å². The maximum absolute atomic E-state index is 5.26. The molecule has 4 heteroatoms. The van der Waals surface area contributed by atoms with Gasteiger partial charge in [0.25, 0.3) is 0 Å². The van der Waals surface area contributed by atoms with E-state index in [0.717, 1.165) is 32.5 Å². The van der Waals surface area contributed by atoms with Crippen LogP contribution in [0.3, 0.4) is 0 Å². The van der Waals surface area contributed by atoms with Gasteiger partial charge in [-0.1, -0.05) is 13.8 Å². The van der Waals surface area contributed by atoms with E-state index < -0.39 is 0 Å². The second-order valence-electron chi connectivity index (χ2n) is 4.69. The van der Waals surface area contributed by atoms with E-state index in [0.29, 0.717) is 6.04 Å². The molecule has 1 rings (SSSR count). The van der Waals surface area contributed by atoms with Gasteiger partial charge in [0.2, 0.25) is 0 Å². The minimum atomic E-state index is 0.549. The molecule has 0 amide bonds. The predicted molar refractivity (Wildman–Crippen MR) is 80.6 cm³/mol. The molecule has 4 nitrogen and oxygen atoms in total. The summed E-state index contributed by atoms with van der Waals surface area (Å²) in [6, 6.07) is 2.66. The van der Waals surface area contributed by atoms with Crippen LogP contribution in [0, 0.1) is 0 Å². The molecule has 1 aromatic rings. The molecule has 1 aromatic heterocycles. The van der Waals surface area contributed by atoms with E-state index in [9.17, 15) is 0 Å². The first-order chi connectivity index (χ1) is 9.28. The van der Waals surface area contributed by atoms with Crippen LogP contribution in [0.2, 0.25) is 0 Å². The number of nitrogens with one attached hydrogen (secondary N) is 1. The Hall–Kier alpha value is -1.13. The number of hydrogen-bond donors (Lipinski definition) is 1. The molecule has 0 spiro atoms. The largest absolute Gasteiger partial charge is 0.383 e. The van der Waals surface area contributed by atoms with Gasteiger partial charge in [0.05, 0.1) is 6.61 Å². The Balaban J connectivity index is 3.01. The number of methoxy groups -OCH3 is 1. The minimum absolute atomic E-state index is 0.549. The molecule has 0 fully saturated rings. The van der Waals surface area contributed by atoms with Crippen LogP contribution < -0.4 is 10.2 Å². The number of pyridine rings is 1. The van der Waals surface area contributed by atoms with E-state index in [-0.39, 0.29) is 0 Å². The Kier molecular flexibility index (Phi) is 7.45. The molecule has 19 heavy (non-hydrogen) atoms. The van der Waals surface area contributed by atoms with Crippen LogP contribution in [0.25, 0.3) is 0 Å². The van der Waals surface area contributed by atoms with Crippen LogP contribution in [0.4, 0.5) is 5.69 Å². The van der Waals surface area contributed by atoms with Crippen molar-refractivity contribution in [3.05, 3.63) is 24.0 Å². The van der Waals surface area contributed by atoms with Gasteiger partial charge in [0.15, 0.2) is 0 Å². The summed E-state index contributed by atoms with van der Waals surface area (Å²) in [5, 5.41) is 3.21. The maximum Gasteiger partial charge on any atom is 0.0637 e. The summed E-state index contributed by atoms with van der Waals surface area (Å²) in [6.07, 6.45) is 6.10. The van der Waals surface area contributed by atoms with Crippen molar-refractivity contribution in [1.82, 2.24) is 10.3 Å². The number of anilines is 1. The van der Waals surface area contributed by atoms with Gasteiger partial charge >= 0.3 is 0 Å². The van der Waals surface area contributed by atoms with Gasteiger partial charge in [-0.05, 0) is 26.0 Å². The Morgan fingerprint density at radius 3 is 2.68 bits per heavy atom. The van der Waals surface area contributed by atoms with Crippen molar-refractivity contribution in [1.29, 1.82) is 0 Å². The molecular formula is C15H27N3O. The Bertz CT molecular complexity index is 353. The zero-order valence-electron chi connectivity index (χ0n) is 12.6. The third-order valence-corrected chi connectivity index (χ3v) is 3.47. The summed E-state index contributed by atoms with van der Waals surface area (Å²) < 4.78 is 5.26. The smallest absolute Gasteiger partial charge is 0.0637 e. The number of hydrogen-bond acceptors (Lipinski definition) is 4. The second-order valence-corrected chi connectivity index (χ2v) is 4.69. The fourth-order valence-corrected chi connectivity index (χ4v) is 2.45. The van der Waals surface area contributed by atoms with Crippen molar-refractivity contribution in [2.75, 3.05) is 32.2 Å². The lowest BCUT2D eigenvalue weighted by molar-refractivity contribution is 0.202. The molecule has 0 atom stereocenters. The zero-order chi connectivity index (χ0) is 14.1. The lowest BCUT2D eigenvalue weighted by Gasteiger charge is -2.34. The Morgan fingerprint density at radius 1 is 1.37 bits per heavy atom. The molecule has 0 bridgehead atoms. The van der Waals surface area contributed by atoms with E-state index in [2.05, 4.69) is 35.1 Å². The molecule has 0 saturated heterocycles. The Morgan fingerprint density at radius 2 is 2.11 bits per heavy atom. The molecule has 0 radical (unpaired) electrons. The highest BCUT2D eigenvalue weighted by Crippen LogP contribution is 2.24. The fourth-order valence-electron chi connectivity index (χ4n) is 2.45. The fraction of sp³-hybridized carbons (Fsp3) is 0.667. The third-order valence-electron chi connectivity index (χ3n) is 3.47. The predicted octanol–water partition coefficient (Wildman–Crippen LogP) is 2.44. The van der Waals surface area contributed by atoms with Crippen molar-refractivity contribution in [2.45, 2.75) is 39.3 Å². The number of rotatable bonds is 9. The van der Waals surface area contributed by atoms with Crippen LogP contribution in [0.15, 0.2) is 18.5 Å². The Labute approximate surface area is 117 Å². The van der Waals surface area contributed by atoms with E-state index in [1.54, 1.807) is 7.11 Å². The first-order valence-electron chi connectivity index (χ1n) is 7.11. The monoisotopic (exact) mass is 265 g/mol. The van der Waals surface area contributed by atoms with Crippen molar-refractivity contribution in [3.8, 4) is 0 Å². The molecule has 1 N–H and O–H groups in total. The van der Waals surface area contributed by atoms with Gasteiger partial charge in [-0.3, -0.25) is 4.98 Å². The molecule has 0 aliphatic rings. The maximum atomic E-state index is 5.26. The first kappa shape index (κ1) is 15.9. The summed E-state index contributed by atoms with van der Waals surface area (Å²) in [7, 11) is 3.72. The lowest BCUT2D eigenvalue weighted by atomic mass is 10.1. The van der Waals surface area contributed by atoms with Crippen LogP contribution in [0.1, 0.15) is 32.3 Å². The number of nitrogens with zero attached hydrogens (tertiary/aromatic N) is 2. The van der Waals surface area contributed by atoms with Gasteiger partial charge in [-0.2, -0.15) is 0 Å². The lowest BCUT2D eigenvalue weighted by Crippen LogP contribution is -2.38. The second kappa shape index (κ2) is 8.88. The van der Waals surface area contributed by atoms with Gasteiger partial charge < -0.3 is 15.0 Å². The SMILES string of the molecule is CCC(CC)N(CCOC)c1ccncc1CNC. The van der Waals surface area contributed by atoms with Crippen molar-refractivity contribution in [2.24, 2.45) is 0 Å². The van der Waals surface area contributed by atoms with E-state index in [1.807, 2.05) is 19.4 Å². The van der Waals surface area contributed by atoms with Crippen LogP contribution in [-0.2, 0) is 11.3 Å². The summed E-state index contributed by atoms with van der Waals surface area (Å²) in [6.45, 7) is 6.99. The standard InChI is InChI=1S/C15H27N3O/c1-5-14(6-2)18(9-10-19-4)15-7-8-17-12-13(15)11-16-3/h7-8,12,14,16H,5-6,9-11H2,1-4H3. The zero-order valence-corrected chi connectivity index (χ0v) is 12.6. The molecule has 0 aliphatic heterocycles. The highest BCUT2D eigenvalue weighted by atomic mass is 16.5. The first-order valence-corrected chi connectivity index (χ1v) is 7.11. The van der Waals surface area contributed by atoms with E-state index >= 15 is 0 Å². The summed E-state index contributed by atoms with van der Waals surface area (Å²) in [5.74, 6) is 0. The van der Waals surface area contributed by atoms with Gasteiger partial charge in [0, 0.05) is 49.9 Å². The highest BCUT2D eigenvalue weighted by molar-refractivity contribution is 5.53. The minimum Gasteiger partial charge on any atom is -0.383 e. The van der Waals surface area contributed by atoms with Crippen LogP contribution in [0.5, 0.6) is 0 Å². The molecule has 0 unspecified atom stereocenters. The van der Waals surface area contributed by atoms with Crippen molar-refractivity contribution in [3.63, 3.8) is 0 Å². The molecular weight excluding hydrogens is 238 g/mol. The summed E-state index contributed by atoms with van der Waals surface area (Å²) >= 11 is 0. The van der Waals surface area contributed by atoms with Gasteiger partial charge in [-0.25, -0.2) is 0 Å². The topological polar surface area (TPSA) is 37.4 Å². The van der Waals surface area contributed by atoms with Gasteiger partial charge in [0.1, 0.15) is 0 Å². The van der Waals surface area contributed by atoms with Crippen molar-refractivity contribution < 1.29 is 4.74 Å². The quantitative estimate of drug-likeness (QED) is 0.744. The van der Waals surface area contributed by atoms with E-state index in [4.69, 9.17) is 4.74 Å². The van der Waals surface area contributed by atoms with Crippen LogP contribution in [-0.4, -0.2) is 38.3 Å². The highest BCUT2D eigenvalue weighted by Gasteiger charge is 2.18. The normalized spacial score (nSPS) is 11.0. The average molecular weight is 265 g/mol. The molecule has 0 saturated carbocycles. The van der Waals surface area contributed by atoms with Crippen molar-refractivity contribution >= 4 is 5.69 Å². The number of aromatic nitrogens is 1. The van der Waals surface area contributed by atoms with Crippen LogP contribution >= 0.6 is 0 Å². The summed E-state index contributed by atoms with van der Waals surface area (Å²) in [5.41, 5.74) is 2.52. The molecule has 0 aromatic carbocycles. The molecule has 0 aliphatic carbocycles. The third kappa shape index (κ3) is 4.48. The molecule has 1 heterocycles. The molecule has 108 valence electrons. The number of ether oxygens (including phenoxy) is 1. The summed E-state index contributed by atoms with van der Waals surface area (Å²) in [4.78, 5) is 6.70. The van der Waals surface area contributed by atoms with E-state index in [1.165, 1.54) is 11.3 Å².